The number of carbonyl (C=O) groups is 2. The fourth-order valence-electron chi connectivity index (χ4n) is 5.47. The topological polar surface area (TPSA) is 199 Å². The number of halogens is 3. The first kappa shape index (κ1) is 32.5. The zero-order chi connectivity index (χ0) is 31.2. The number of ether oxygens (including phenoxy) is 2. The molecule has 13 nitrogen and oxygen atoms in total. The number of carboxylic acid groups (broad SMARTS) is 1. The first-order chi connectivity index (χ1) is 20.5. The number of aliphatic hydroxyl groups is 2. The zero-order valence-electron chi connectivity index (χ0n) is 23.0. The van der Waals surface area contributed by atoms with Gasteiger partial charge in [-0.05, 0) is 36.3 Å². The molecule has 1 saturated carbocycles. The molecule has 4 N–H and O–H groups in total. The van der Waals surface area contributed by atoms with Gasteiger partial charge in [-0.1, -0.05) is 41.5 Å². The minimum absolute atomic E-state index is 0.0456. The SMILES string of the molecule is [N-]=[N+]=NC[C@@H]1O[C@H](OCC/C=C\C[C@H]2C(=O)CC[C@@H]2CC(=O)O)[C@@H](NCc2ccc(C3(C(F)(F)F)N=N3)cc2)[C@H](O)[C@@H]1O. The smallest absolute Gasteiger partial charge is 0.442 e. The highest BCUT2D eigenvalue weighted by Crippen LogP contribution is 2.52. The molecule has 16 heteroatoms. The van der Waals surface area contributed by atoms with E-state index in [1.54, 1.807) is 12.2 Å². The standard InChI is InChI=1S/C27H33F3N6O7/c28-27(29,30)26(34-35-26)17-8-5-15(6-9-17)13-32-22-24(41)23(40)20(14-33-36-31)43-25(22)42-11-3-1-2-4-18-16(12-21(38)39)7-10-19(18)37/h1-2,5-6,8-9,16,18,20,22-25,32,40-41H,3-4,7,10-14H2,(H,38,39)/b2-1-/t16-,18-,20+,22+,23-,24+,25+/m1/s1. The Morgan fingerprint density at radius 1 is 1.23 bits per heavy atom. The third-order valence-corrected chi connectivity index (χ3v) is 7.92. The predicted molar refractivity (Wildman–Crippen MR) is 142 cm³/mol. The van der Waals surface area contributed by atoms with Gasteiger partial charge in [0.2, 0.25) is 0 Å². The molecule has 1 aliphatic carbocycles. The Balaban J connectivity index is 1.34. The Morgan fingerprint density at radius 2 is 1.95 bits per heavy atom. The van der Waals surface area contributed by atoms with E-state index in [0.29, 0.717) is 31.2 Å². The number of nitrogens with zero attached hydrogens (tertiary/aromatic N) is 5. The number of hydrogen-bond acceptors (Lipinski definition) is 10. The Labute approximate surface area is 244 Å². The van der Waals surface area contributed by atoms with Crippen molar-refractivity contribution in [1.82, 2.24) is 5.32 Å². The van der Waals surface area contributed by atoms with Gasteiger partial charge in [0.1, 0.15) is 18.0 Å². The molecule has 3 aliphatic rings. The lowest BCUT2D eigenvalue weighted by molar-refractivity contribution is -0.262. The zero-order valence-corrected chi connectivity index (χ0v) is 23.0. The molecule has 2 fully saturated rings. The molecule has 4 rings (SSSR count). The number of aliphatic carboxylic acids is 1. The fraction of sp³-hybridized carbons (Fsp3) is 0.630. The molecule has 1 saturated heterocycles. The van der Waals surface area contributed by atoms with E-state index < -0.39 is 48.5 Å². The number of hydrogen-bond donors (Lipinski definition) is 4. The number of aliphatic hydroxyl groups excluding tert-OH is 2. The second-order valence-electron chi connectivity index (χ2n) is 10.7. The quantitative estimate of drug-likeness (QED) is 0.0806. The van der Waals surface area contributed by atoms with Crippen molar-refractivity contribution in [2.45, 2.75) is 81.1 Å². The van der Waals surface area contributed by atoms with Crippen LogP contribution in [0.4, 0.5) is 13.2 Å². The van der Waals surface area contributed by atoms with Gasteiger partial charge in [0, 0.05) is 35.8 Å². The first-order valence-electron chi connectivity index (χ1n) is 13.8. The summed E-state index contributed by atoms with van der Waals surface area (Å²) >= 11 is 0. The number of alkyl halides is 3. The van der Waals surface area contributed by atoms with Crippen LogP contribution in [0.15, 0.2) is 51.8 Å². The van der Waals surface area contributed by atoms with Gasteiger partial charge in [-0.2, -0.15) is 13.2 Å². The molecule has 0 aromatic heterocycles. The van der Waals surface area contributed by atoms with Crippen molar-refractivity contribution in [2.75, 3.05) is 13.2 Å². The van der Waals surface area contributed by atoms with E-state index in [1.807, 2.05) is 0 Å². The maximum absolute atomic E-state index is 13.3. The number of rotatable bonds is 14. The summed E-state index contributed by atoms with van der Waals surface area (Å²) in [5.41, 5.74) is 6.58. The Bertz CT molecular complexity index is 1250. The second-order valence-corrected chi connectivity index (χ2v) is 10.7. The average molecular weight is 611 g/mol. The van der Waals surface area contributed by atoms with Crippen LogP contribution >= 0.6 is 0 Å². The summed E-state index contributed by atoms with van der Waals surface area (Å²) in [7, 11) is 0. The molecule has 43 heavy (non-hydrogen) atoms. The molecule has 0 unspecified atom stereocenters. The van der Waals surface area contributed by atoms with Crippen molar-refractivity contribution in [3.8, 4) is 0 Å². The minimum Gasteiger partial charge on any atom is -0.481 e. The van der Waals surface area contributed by atoms with Crippen LogP contribution in [0.5, 0.6) is 0 Å². The molecule has 234 valence electrons. The lowest BCUT2D eigenvalue weighted by atomic mass is 9.89. The van der Waals surface area contributed by atoms with E-state index in [2.05, 4.69) is 25.6 Å². The summed E-state index contributed by atoms with van der Waals surface area (Å²) < 4.78 is 51.5. The number of allylic oxidation sites excluding steroid dienone is 1. The van der Waals surface area contributed by atoms with Crippen LogP contribution in [0.1, 0.15) is 43.2 Å². The number of carbonyl (C=O) groups excluding carboxylic acids is 1. The molecular formula is C27H33F3N6O7. The van der Waals surface area contributed by atoms with Crippen molar-refractivity contribution < 1.29 is 47.6 Å². The molecule has 0 spiro atoms. The van der Waals surface area contributed by atoms with Gasteiger partial charge in [-0.25, -0.2) is 0 Å². The van der Waals surface area contributed by atoms with Gasteiger partial charge in [0.15, 0.2) is 6.29 Å². The van der Waals surface area contributed by atoms with Crippen LogP contribution in [-0.4, -0.2) is 77.0 Å². The Kier molecular flexibility index (Phi) is 10.5. The van der Waals surface area contributed by atoms with Crippen LogP contribution in [-0.2, 0) is 31.3 Å². The maximum atomic E-state index is 13.3. The van der Waals surface area contributed by atoms with Crippen LogP contribution in [0, 0.1) is 11.8 Å². The van der Waals surface area contributed by atoms with Crippen molar-refractivity contribution in [1.29, 1.82) is 0 Å². The van der Waals surface area contributed by atoms with Gasteiger partial charge >= 0.3 is 17.8 Å². The van der Waals surface area contributed by atoms with Crippen molar-refractivity contribution in [3.63, 3.8) is 0 Å². The molecule has 1 aromatic carbocycles. The molecule has 0 radical (unpaired) electrons. The highest BCUT2D eigenvalue weighted by Gasteiger charge is 2.65. The van der Waals surface area contributed by atoms with Crippen molar-refractivity contribution in [3.05, 3.63) is 58.0 Å². The molecule has 7 atom stereocenters. The van der Waals surface area contributed by atoms with Crippen LogP contribution in [0.3, 0.4) is 0 Å². The average Bonchev–Trinajstić information content (AvgIpc) is 3.72. The van der Waals surface area contributed by atoms with Crippen LogP contribution in [0.25, 0.3) is 10.4 Å². The number of Topliss-reactive ketones (excluding diaryl/α,β-unsaturated/α-hetero) is 1. The highest BCUT2D eigenvalue weighted by molar-refractivity contribution is 5.84. The minimum atomic E-state index is -4.64. The van der Waals surface area contributed by atoms with Gasteiger partial charge in [0.05, 0.1) is 25.3 Å². The largest absolute Gasteiger partial charge is 0.481 e. The van der Waals surface area contributed by atoms with Gasteiger partial charge in [0.25, 0.3) is 0 Å². The summed E-state index contributed by atoms with van der Waals surface area (Å²) in [5.74, 6) is -1.39. The summed E-state index contributed by atoms with van der Waals surface area (Å²) in [6.45, 7) is -0.0550. The third-order valence-electron chi connectivity index (χ3n) is 7.92. The summed E-state index contributed by atoms with van der Waals surface area (Å²) in [4.78, 5) is 25.9. The summed E-state index contributed by atoms with van der Waals surface area (Å²) in [6, 6.07) is 4.52. The molecule has 1 aromatic rings. The van der Waals surface area contributed by atoms with Gasteiger partial charge in [-0.3, -0.25) is 9.59 Å². The normalized spacial score (nSPS) is 30.0. The Hall–Kier alpha value is -3.40. The molecule has 2 heterocycles. The van der Waals surface area contributed by atoms with Crippen molar-refractivity contribution in [2.24, 2.45) is 27.2 Å². The lowest BCUT2D eigenvalue weighted by Gasteiger charge is -2.42. The molecular weight excluding hydrogens is 577 g/mol. The number of carboxylic acids is 1. The fourth-order valence-corrected chi connectivity index (χ4v) is 5.47. The predicted octanol–water partition coefficient (Wildman–Crippen LogP) is 3.51. The monoisotopic (exact) mass is 610 g/mol. The summed E-state index contributed by atoms with van der Waals surface area (Å²) in [6.07, 6.45) is -4.27. The molecule has 2 aliphatic heterocycles. The molecule has 0 amide bonds. The Morgan fingerprint density at radius 3 is 2.58 bits per heavy atom. The summed E-state index contributed by atoms with van der Waals surface area (Å²) in [5, 5.41) is 43.3. The number of benzene rings is 1. The molecule has 0 bridgehead atoms. The number of nitrogens with one attached hydrogen (secondary N) is 1. The van der Waals surface area contributed by atoms with E-state index in [0.717, 1.165) is 0 Å². The second kappa shape index (κ2) is 13.9. The van der Waals surface area contributed by atoms with E-state index >= 15 is 0 Å². The van der Waals surface area contributed by atoms with E-state index in [9.17, 15) is 33.0 Å². The van der Waals surface area contributed by atoms with E-state index in [1.165, 1.54) is 24.3 Å². The number of ketones is 1. The van der Waals surface area contributed by atoms with Crippen LogP contribution < -0.4 is 5.32 Å². The van der Waals surface area contributed by atoms with E-state index in [-0.39, 0.29) is 49.3 Å². The first-order valence-corrected chi connectivity index (χ1v) is 13.8. The lowest BCUT2D eigenvalue weighted by Crippen LogP contribution is -2.63. The maximum Gasteiger partial charge on any atom is 0.442 e. The third kappa shape index (κ3) is 7.77. The van der Waals surface area contributed by atoms with E-state index in [4.69, 9.17) is 20.1 Å². The van der Waals surface area contributed by atoms with Gasteiger partial charge < -0.3 is 30.1 Å². The van der Waals surface area contributed by atoms with Gasteiger partial charge in [-0.15, -0.1) is 10.2 Å². The number of azide groups is 1. The van der Waals surface area contributed by atoms with Crippen molar-refractivity contribution >= 4 is 11.8 Å². The van der Waals surface area contributed by atoms with Crippen LogP contribution in [0.2, 0.25) is 0 Å². The highest BCUT2D eigenvalue weighted by atomic mass is 19.4.